The number of hydrogen-bond donors (Lipinski definition) is 2. The highest BCUT2D eigenvalue weighted by Crippen LogP contribution is 2.29. The first-order valence-electron chi connectivity index (χ1n) is 5.12. The van der Waals surface area contributed by atoms with E-state index < -0.39 is 0 Å². The summed E-state index contributed by atoms with van der Waals surface area (Å²) in [5.74, 6) is 0.420. The van der Waals surface area contributed by atoms with Gasteiger partial charge in [-0.25, -0.2) is 4.39 Å². The third-order valence-electron chi connectivity index (χ3n) is 2.43. The summed E-state index contributed by atoms with van der Waals surface area (Å²) in [5, 5.41) is 3.17. The Morgan fingerprint density at radius 2 is 2.24 bits per heavy atom. The Balaban J connectivity index is 2.22. The van der Waals surface area contributed by atoms with Gasteiger partial charge in [0, 0.05) is 6.07 Å². The van der Waals surface area contributed by atoms with Crippen molar-refractivity contribution in [2.75, 3.05) is 11.1 Å². The fraction of sp³-hybridized carbons (Fsp3) is 0.167. The van der Waals surface area contributed by atoms with Crippen LogP contribution in [0.4, 0.5) is 15.8 Å². The molecule has 2 rings (SSSR count). The van der Waals surface area contributed by atoms with Crippen molar-refractivity contribution in [2.45, 2.75) is 13.0 Å². The van der Waals surface area contributed by atoms with Crippen LogP contribution in [0.3, 0.4) is 0 Å². The molecule has 0 amide bonds. The first kappa shape index (κ1) is 12.0. The Bertz CT molecular complexity index is 513. The third-order valence-corrected chi connectivity index (χ3v) is 3.04. The number of furan rings is 1. The molecule has 3 nitrogen and oxygen atoms in total. The van der Waals surface area contributed by atoms with E-state index in [4.69, 9.17) is 10.2 Å². The summed E-state index contributed by atoms with van der Waals surface area (Å²) < 4.78 is 18.8. The minimum atomic E-state index is -0.376. The molecule has 5 heteroatoms. The van der Waals surface area contributed by atoms with Crippen LogP contribution in [-0.4, -0.2) is 0 Å². The topological polar surface area (TPSA) is 51.2 Å². The lowest BCUT2D eigenvalue weighted by Gasteiger charge is -2.15. The zero-order valence-corrected chi connectivity index (χ0v) is 10.8. The molecule has 1 unspecified atom stereocenters. The van der Waals surface area contributed by atoms with E-state index in [1.807, 2.05) is 19.1 Å². The summed E-state index contributed by atoms with van der Waals surface area (Å²) in [4.78, 5) is 0. The van der Waals surface area contributed by atoms with Gasteiger partial charge in [0.2, 0.25) is 0 Å². The molecule has 0 saturated heterocycles. The lowest BCUT2D eigenvalue weighted by molar-refractivity contribution is 0.490. The monoisotopic (exact) mass is 298 g/mol. The fourth-order valence-electron chi connectivity index (χ4n) is 1.53. The Kier molecular flexibility index (Phi) is 3.38. The average Bonchev–Trinajstić information content (AvgIpc) is 2.79. The number of benzene rings is 1. The maximum atomic E-state index is 13.2. The largest absolute Gasteiger partial charge is 0.467 e. The van der Waals surface area contributed by atoms with Crippen LogP contribution in [0.1, 0.15) is 18.7 Å². The first-order valence-corrected chi connectivity index (χ1v) is 5.91. The fourth-order valence-corrected chi connectivity index (χ4v) is 1.87. The van der Waals surface area contributed by atoms with Crippen molar-refractivity contribution >= 4 is 27.3 Å². The minimum absolute atomic E-state index is 0.0374. The molecule has 0 aliphatic carbocycles. The van der Waals surface area contributed by atoms with Gasteiger partial charge in [-0.05, 0) is 41.1 Å². The number of halogens is 2. The molecule has 1 atom stereocenters. The summed E-state index contributed by atoms with van der Waals surface area (Å²) >= 11 is 3.12. The highest BCUT2D eigenvalue weighted by atomic mass is 79.9. The molecule has 0 aliphatic heterocycles. The Labute approximate surface area is 107 Å². The smallest absolute Gasteiger partial charge is 0.139 e. The summed E-state index contributed by atoms with van der Waals surface area (Å²) in [6.45, 7) is 1.94. The summed E-state index contributed by atoms with van der Waals surface area (Å²) in [6, 6.07) is 6.54. The predicted molar refractivity (Wildman–Crippen MR) is 69.3 cm³/mol. The number of anilines is 2. The van der Waals surface area contributed by atoms with Gasteiger partial charge < -0.3 is 15.5 Å². The van der Waals surface area contributed by atoms with E-state index in [9.17, 15) is 4.39 Å². The highest BCUT2D eigenvalue weighted by molar-refractivity contribution is 9.10. The Hall–Kier alpha value is -1.49. The third kappa shape index (κ3) is 2.61. The SMILES string of the molecule is CC(Nc1cc(Br)c(F)cc1N)c1ccco1. The maximum absolute atomic E-state index is 13.2. The first-order chi connectivity index (χ1) is 8.08. The van der Waals surface area contributed by atoms with Crippen LogP contribution >= 0.6 is 15.9 Å². The molecule has 0 fully saturated rings. The Morgan fingerprint density at radius 1 is 1.47 bits per heavy atom. The lowest BCUT2D eigenvalue weighted by Crippen LogP contribution is -2.08. The highest BCUT2D eigenvalue weighted by Gasteiger charge is 2.11. The summed E-state index contributed by atoms with van der Waals surface area (Å²) in [7, 11) is 0. The van der Waals surface area contributed by atoms with Gasteiger partial charge in [0.05, 0.1) is 28.2 Å². The van der Waals surface area contributed by atoms with E-state index in [0.29, 0.717) is 15.8 Å². The van der Waals surface area contributed by atoms with Gasteiger partial charge in [0.15, 0.2) is 0 Å². The van der Waals surface area contributed by atoms with Crippen LogP contribution in [0.15, 0.2) is 39.4 Å². The average molecular weight is 299 g/mol. The van der Waals surface area contributed by atoms with Crippen LogP contribution < -0.4 is 11.1 Å². The maximum Gasteiger partial charge on any atom is 0.139 e. The van der Waals surface area contributed by atoms with Gasteiger partial charge in [0.25, 0.3) is 0 Å². The number of nitrogens with one attached hydrogen (secondary N) is 1. The molecule has 2 aromatic rings. The number of hydrogen-bond acceptors (Lipinski definition) is 3. The van der Waals surface area contributed by atoms with Crippen molar-refractivity contribution in [3.63, 3.8) is 0 Å². The van der Waals surface area contributed by atoms with Gasteiger partial charge in [-0.3, -0.25) is 0 Å². The number of rotatable bonds is 3. The Morgan fingerprint density at radius 3 is 2.88 bits per heavy atom. The summed E-state index contributed by atoms with van der Waals surface area (Å²) in [6.07, 6.45) is 1.61. The van der Waals surface area contributed by atoms with E-state index in [0.717, 1.165) is 5.76 Å². The van der Waals surface area contributed by atoms with Crippen LogP contribution in [0.5, 0.6) is 0 Å². The van der Waals surface area contributed by atoms with Gasteiger partial charge in [-0.1, -0.05) is 0 Å². The van der Waals surface area contributed by atoms with E-state index in [-0.39, 0.29) is 11.9 Å². The van der Waals surface area contributed by atoms with Crippen molar-refractivity contribution in [3.05, 3.63) is 46.6 Å². The predicted octanol–water partition coefficient (Wildman–Crippen LogP) is 3.94. The van der Waals surface area contributed by atoms with Crippen LogP contribution in [0, 0.1) is 5.82 Å². The molecule has 0 saturated carbocycles. The van der Waals surface area contributed by atoms with Gasteiger partial charge in [-0.15, -0.1) is 0 Å². The molecule has 1 aromatic carbocycles. The van der Waals surface area contributed by atoms with Gasteiger partial charge >= 0.3 is 0 Å². The quantitative estimate of drug-likeness (QED) is 0.844. The molecule has 0 bridgehead atoms. The van der Waals surface area contributed by atoms with Crippen LogP contribution in [-0.2, 0) is 0 Å². The lowest BCUT2D eigenvalue weighted by atomic mass is 10.2. The number of nitrogens with two attached hydrogens (primary N) is 1. The van der Waals surface area contributed by atoms with E-state index in [1.54, 1.807) is 12.3 Å². The van der Waals surface area contributed by atoms with E-state index >= 15 is 0 Å². The van der Waals surface area contributed by atoms with Crippen LogP contribution in [0.25, 0.3) is 0 Å². The second-order valence-corrected chi connectivity index (χ2v) is 4.59. The molecule has 1 aromatic heterocycles. The zero-order chi connectivity index (χ0) is 12.4. The van der Waals surface area contributed by atoms with Gasteiger partial charge in [-0.2, -0.15) is 0 Å². The standard InChI is InChI=1S/C12H12BrFN2O/c1-7(12-3-2-4-17-12)16-11-5-8(13)9(14)6-10(11)15/h2-7,16H,15H2,1H3. The van der Waals surface area contributed by atoms with E-state index in [2.05, 4.69) is 21.2 Å². The molecule has 3 N–H and O–H groups in total. The molecule has 17 heavy (non-hydrogen) atoms. The molecule has 1 heterocycles. The molecule has 90 valence electrons. The normalized spacial score (nSPS) is 12.4. The van der Waals surface area contributed by atoms with Crippen molar-refractivity contribution in [3.8, 4) is 0 Å². The van der Waals surface area contributed by atoms with Crippen LogP contribution in [0.2, 0.25) is 0 Å². The van der Waals surface area contributed by atoms with Crippen molar-refractivity contribution in [1.29, 1.82) is 0 Å². The minimum Gasteiger partial charge on any atom is -0.467 e. The second kappa shape index (κ2) is 4.79. The molecular weight excluding hydrogens is 287 g/mol. The van der Waals surface area contributed by atoms with Crippen molar-refractivity contribution in [1.82, 2.24) is 0 Å². The van der Waals surface area contributed by atoms with E-state index in [1.165, 1.54) is 6.07 Å². The molecule has 0 radical (unpaired) electrons. The molecular formula is C12H12BrFN2O. The molecule has 0 aliphatic rings. The zero-order valence-electron chi connectivity index (χ0n) is 9.21. The van der Waals surface area contributed by atoms with Gasteiger partial charge in [0.1, 0.15) is 11.6 Å². The molecule has 0 spiro atoms. The second-order valence-electron chi connectivity index (χ2n) is 3.74. The van der Waals surface area contributed by atoms with Crippen molar-refractivity contribution < 1.29 is 8.81 Å². The summed E-state index contributed by atoms with van der Waals surface area (Å²) in [5.41, 5.74) is 6.77. The van der Waals surface area contributed by atoms with Crippen molar-refractivity contribution in [2.24, 2.45) is 0 Å². The number of nitrogen functional groups attached to an aromatic ring is 1.